The number of hydrogen-bond donors (Lipinski definition) is 3. The minimum Gasteiger partial charge on any atom is -0.376 e. The molecule has 8 heavy (non-hydrogen) atoms. The van der Waals surface area contributed by atoms with Crippen LogP contribution in [0.15, 0.2) is 0 Å². The first-order valence-electron chi connectivity index (χ1n) is 2.21. The Kier molecular flexibility index (Phi) is 1.94. The van der Waals surface area contributed by atoms with Gasteiger partial charge >= 0.3 is 0 Å². The predicted octanol–water partition coefficient (Wildman–Crippen LogP) is -1.47. The molecule has 0 aromatic heterocycles. The SMILES string of the molecule is CC(N)(O)CC(N)=O. The van der Waals surface area contributed by atoms with Crippen LogP contribution in [0.25, 0.3) is 0 Å². The van der Waals surface area contributed by atoms with Crippen molar-refractivity contribution >= 4 is 5.91 Å². The fourth-order valence-electron chi connectivity index (χ4n) is 0.353. The van der Waals surface area contributed by atoms with Crippen LogP contribution in [0.1, 0.15) is 13.3 Å². The molecule has 0 bridgehead atoms. The van der Waals surface area contributed by atoms with Gasteiger partial charge in [0.15, 0.2) is 0 Å². The Morgan fingerprint density at radius 3 is 2.25 bits per heavy atom. The van der Waals surface area contributed by atoms with Crippen molar-refractivity contribution in [3.05, 3.63) is 0 Å². The molecular formula is C4H10N2O2. The van der Waals surface area contributed by atoms with Crippen molar-refractivity contribution in [3.8, 4) is 0 Å². The lowest BCUT2D eigenvalue weighted by Gasteiger charge is -2.13. The van der Waals surface area contributed by atoms with Crippen LogP contribution in [0.2, 0.25) is 0 Å². The molecule has 0 heterocycles. The summed E-state index contributed by atoms with van der Waals surface area (Å²) in [5, 5.41) is 8.66. The fourth-order valence-corrected chi connectivity index (χ4v) is 0.353. The molecule has 1 amide bonds. The number of amides is 1. The highest BCUT2D eigenvalue weighted by molar-refractivity contribution is 5.74. The lowest BCUT2D eigenvalue weighted by atomic mass is 10.2. The zero-order valence-electron chi connectivity index (χ0n) is 4.72. The molecule has 5 N–H and O–H groups in total. The van der Waals surface area contributed by atoms with Crippen LogP contribution in [0.5, 0.6) is 0 Å². The number of carbonyl (C=O) groups excluding carboxylic acids is 1. The predicted molar refractivity (Wildman–Crippen MR) is 28.6 cm³/mol. The zero-order chi connectivity index (χ0) is 6.78. The highest BCUT2D eigenvalue weighted by Gasteiger charge is 2.15. The number of rotatable bonds is 2. The molecule has 0 radical (unpaired) electrons. The van der Waals surface area contributed by atoms with Crippen LogP contribution >= 0.6 is 0 Å². The quantitative estimate of drug-likeness (QED) is 0.387. The smallest absolute Gasteiger partial charge is 0.221 e. The molecule has 4 nitrogen and oxygen atoms in total. The molecule has 0 saturated carbocycles. The van der Waals surface area contributed by atoms with E-state index in [2.05, 4.69) is 0 Å². The molecule has 0 spiro atoms. The Bertz CT molecular complexity index is 94.7. The van der Waals surface area contributed by atoms with Crippen molar-refractivity contribution in [2.24, 2.45) is 11.5 Å². The third kappa shape index (κ3) is 5.39. The lowest BCUT2D eigenvalue weighted by molar-refractivity contribution is -0.122. The third-order valence-electron chi connectivity index (χ3n) is 0.532. The minimum atomic E-state index is -1.45. The molecule has 0 aliphatic rings. The summed E-state index contributed by atoms with van der Waals surface area (Å²) in [4.78, 5) is 10.00. The molecule has 1 atom stereocenters. The van der Waals surface area contributed by atoms with Gasteiger partial charge in [-0.25, -0.2) is 0 Å². The Morgan fingerprint density at radius 2 is 2.25 bits per heavy atom. The monoisotopic (exact) mass is 118 g/mol. The second-order valence-corrected chi connectivity index (χ2v) is 2.00. The Hall–Kier alpha value is -0.610. The van der Waals surface area contributed by atoms with E-state index in [1.165, 1.54) is 6.92 Å². The van der Waals surface area contributed by atoms with Gasteiger partial charge in [-0.1, -0.05) is 0 Å². The van der Waals surface area contributed by atoms with E-state index in [9.17, 15) is 4.79 Å². The molecule has 0 aliphatic heterocycles. The zero-order valence-corrected chi connectivity index (χ0v) is 4.72. The minimum absolute atomic E-state index is 0.201. The van der Waals surface area contributed by atoms with E-state index < -0.39 is 11.6 Å². The maximum absolute atomic E-state index is 10.00. The summed E-state index contributed by atoms with van der Waals surface area (Å²) in [5.74, 6) is -0.600. The van der Waals surface area contributed by atoms with E-state index in [0.717, 1.165) is 0 Å². The first-order valence-corrected chi connectivity index (χ1v) is 2.21. The van der Waals surface area contributed by atoms with Crippen LogP contribution in [-0.4, -0.2) is 16.7 Å². The summed E-state index contributed by atoms with van der Waals surface area (Å²) in [7, 11) is 0. The van der Waals surface area contributed by atoms with Crippen molar-refractivity contribution in [2.45, 2.75) is 19.1 Å². The highest BCUT2D eigenvalue weighted by Crippen LogP contribution is 1.96. The number of carbonyl (C=O) groups is 1. The summed E-state index contributed by atoms with van der Waals surface area (Å²) in [6.07, 6.45) is -0.201. The summed E-state index contributed by atoms with van der Waals surface area (Å²) < 4.78 is 0. The molecule has 0 aliphatic carbocycles. The van der Waals surface area contributed by atoms with E-state index in [0.29, 0.717) is 0 Å². The largest absolute Gasteiger partial charge is 0.376 e. The molecule has 0 aromatic carbocycles. The van der Waals surface area contributed by atoms with Crippen LogP contribution in [0.3, 0.4) is 0 Å². The number of hydrogen-bond acceptors (Lipinski definition) is 3. The van der Waals surface area contributed by atoms with Crippen molar-refractivity contribution in [2.75, 3.05) is 0 Å². The summed E-state index contributed by atoms with van der Waals surface area (Å²) in [6.45, 7) is 1.32. The molecule has 0 saturated heterocycles. The maximum Gasteiger partial charge on any atom is 0.221 e. The number of aliphatic hydroxyl groups is 1. The van der Waals surface area contributed by atoms with Gasteiger partial charge in [0.1, 0.15) is 5.72 Å². The summed E-state index contributed by atoms with van der Waals surface area (Å²) in [5.41, 5.74) is 8.24. The lowest BCUT2D eigenvalue weighted by Crippen LogP contribution is -2.39. The van der Waals surface area contributed by atoms with Crippen molar-refractivity contribution in [3.63, 3.8) is 0 Å². The Balaban J connectivity index is 3.55. The Labute approximate surface area is 47.5 Å². The summed E-state index contributed by atoms with van der Waals surface area (Å²) in [6, 6.07) is 0. The van der Waals surface area contributed by atoms with E-state index >= 15 is 0 Å². The molecule has 0 aromatic rings. The van der Waals surface area contributed by atoms with E-state index in [-0.39, 0.29) is 6.42 Å². The molecule has 48 valence electrons. The van der Waals surface area contributed by atoms with E-state index in [4.69, 9.17) is 16.6 Å². The van der Waals surface area contributed by atoms with Crippen LogP contribution in [-0.2, 0) is 4.79 Å². The topological polar surface area (TPSA) is 89.3 Å². The first-order chi connectivity index (χ1) is 3.42. The molecule has 1 unspecified atom stereocenters. The van der Waals surface area contributed by atoms with Crippen molar-refractivity contribution in [1.82, 2.24) is 0 Å². The van der Waals surface area contributed by atoms with Gasteiger partial charge in [-0.15, -0.1) is 0 Å². The van der Waals surface area contributed by atoms with Gasteiger partial charge in [0.05, 0.1) is 6.42 Å². The van der Waals surface area contributed by atoms with Crippen LogP contribution in [0.4, 0.5) is 0 Å². The second-order valence-electron chi connectivity index (χ2n) is 2.00. The van der Waals surface area contributed by atoms with Crippen LogP contribution < -0.4 is 11.5 Å². The average Bonchev–Trinajstić information content (AvgIpc) is 1.21. The third-order valence-corrected chi connectivity index (χ3v) is 0.532. The van der Waals surface area contributed by atoms with Crippen LogP contribution in [0, 0.1) is 0 Å². The van der Waals surface area contributed by atoms with E-state index in [1.807, 2.05) is 0 Å². The first kappa shape index (κ1) is 7.39. The molecule has 0 fully saturated rings. The molecule has 4 heteroatoms. The second kappa shape index (κ2) is 2.11. The normalized spacial score (nSPS) is 17.4. The number of nitrogens with two attached hydrogens (primary N) is 2. The van der Waals surface area contributed by atoms with Crippen molar-refractivity contribution < 1.29 is 9.90 Å². The fraction of sp³-hybridized carbons (Fsp3) is 0.750. The van der Waals surface area contributed by atoms with Gasteiger partial charge in [-0.05, 0) is 6.92 Å². The maximum atomic E-state index is 10.00. The van der Waals surface area contributed by atoms with Crippen molar-refractivity contribution in [1.29, 1.82) is 0 Å². The summed E-state index contributed by atoms with van der Waals surface area (Å²) >= 11 is 0. The Morgan fingerprint density at radius 1 is 1.88 bits per heavy atom. The molecular weight excluding hydrogens is 108 g/mol. The van der Waals surface area contributed by atoms with Gasteiger partial charge in [0.2, 0.25) is 5.91 Å². The van der Waals surface area contributed by atoms with Gasteiger partial charge in [0.25, 0.3) is 0 Å². The standard InChI is InChI=1S/C4H10N2O2/c1-4(6,8)2-3(5)7/h8H,2,6H2,1H3,(H2,5,7). The van der Waals surface area contributed by atoms with Gasteiger partial charge in [-0.2, -0.15) is 0 Å². The van der Waals surface area contributed by atoms with Gasteiger partial charge < -0.3 is 16.6 Å². The van der Waals surface area contributed by atoms with Gasteiger partial charge in [0, 0.05) is 0 Å². The molecule has 0 rings (SSSR count). The van der Waals surface area contributed by atoms with E-state index in [1.54, 1.807) is 0 Å². The van der Waals surface area contributed by atoms with Gasteiger partial charge in [-0.3, -0.25) is 4.79 Å². The highest BCUT2D eigenvalue weighted by atomic mass is 16.3. The average molecular weight is 118 g/mol. The number of primary amides is 1.